The molecule has 1 heterocycles. The summed E-state index contributed by atoms with van der Waals surface area (Å²) in [5.41, 5.74) is -0.250. The fourth-order valence-corrected chi connectivity index (χ4v) is 2.77. The van der Waals surface area contributed by atoms with Crippen molar-refractivity contribution in [3.8, 4) is 0 Å². The summed E-state index contributed by atoms with van der Waals surface area (Å²) in [4.78, 5) is 13.5. The zero-order valence-electron chi connectivity index (χ0n) is 10.5. The van der Waals surface area contributed by atoms with Gasteiger partial charge in [-0.15, -0.1) is 0 Å². The third-order valence-corrected chi connectivity index (χ3v) is 4.22. The van der Waals surface area contributed by atoms with Gasteiger partial charge in [-0.25, -0.2) is 17.9 Å². The molecule has 104 valence electrons. The number of halogens is 1. The molecule has 1 saturated heterocycles. The van der Waals surface area contributed by atoms with Gasteiger partial charge in [-0.2, -0.15) is 0 Å². The third-order valence-electron chi connectivity index (χ3n) is 3.31. The molecule has 2 N–H and O–H groups in total. The van der Waals surface area contributed by atoms with Crippen LogP contribution in [0.3, 0.4) is 0 Å². The maximum Gasteiger partial charge on any atom is 0.257 e. The van der Waals surface area contributed by atoms with Crippen LogP contribution in [0.25, 0.3) is 0 Å². The number of likely N-dealkylation sites (tertiary alicyclic amines) is 1. The Morgan fingerprint density at radius 3 is 2.68 bits per heavy atom. The molecule has 1 aromatic carbocycles. The quantitative estimate of drug-likeness (QED) is 0.884. The predicted molar refractivity (Wildman–Crippen MR) is 67.5 cm³/mol. The van der Waals surface area contributed by atoms with Gasteiger partial charge in [0.05, 0.1) is 10.5 Å². The fourth-order valence-electron chi connectivity index (χ4n) is 2.23. The van der Waals surface area contributed by atoms with Crippen LogP contribution in [-0.2, 0) is 10.0 Å². The minimum absolute atomic E-state index is 0.0324. The van der Waals surface area contributed by atoms with Gasteiger partial charge in [0.25, 0.3) is 5.91 Å². The number of carbonyl (C=O) groups is 1. The van der Waals surface area contributed by atoms with Crippen LogP contribution in [0, 0.1) is 5.82 Å². The summed E-state index contributed by atoms with van der Waals surface area (Å²) >= 11 is 0. The smallest absolute Gasteiger partial charge is 0.257 e. The minimum atomic E-state index is -3.95. The maximum absolute atomic E-state index is 13.7. The van der Waals surface area contributed by atoms with E-state index >= 15 is 0 Å². The molecule has 0 bridgehead atoms. The molecule has 7 heteroatoms. The normalized spacial score (nSPS) is 19.7. The summed E-state index contributed by atoms with van der Waals surface area (Å²) in [6.45, 7) is 2.44. The van der Waals surface area contributed by atoms with Crippen molar-refractivity contribution in [3.63, 3.8) is 0 Å². The van der Waals surface area contributed by atoms with Crippen molar-refractivity contribution in [1.29, 1.82) is 0 Å². The molecule has 2 rings (SSSR count). The first-order valence-electron chi connectivity index (χ1n) is 5.94. The van der Waals surface area contributed by atoms with E-state index in [2.05, 4.69) is 0 Å². The molecular formula is C12H15FN2O3S. The lowest BCUT2D eigenvalue weighted by Crippen LogP contribution is -2.34. The van der Waals surface area contributed by atoms with E-state index in [1.54, 1.807) is 4.90 Å². The molecule has 1 amide bonds. The van der Waals surface area contributed by atoms with Crippen LogP contribution in [-0.4, -0.2) is 31.8 Å². The SMILES string of the molecule is CC1CCCN1C(=O)c1cc(S(N)(=O)=O)ccc1F. The van der Waals surface area contributed by atoms with Crippen molar-refractivity contribution >= 4 is 15.9 Å². The molecule has 0 saturated carbocycles. The highest BCUT2D eigenvalue weighted by atomic mass is 32.2. The van der Waals surface area contributed by atoms with Gasteiger partial charge < -0.3 is 4.90 Å². The number of nitrogens with two attached hydrogens (primary N) is 1. The maximum atomic E-state index is 13.7. The van der Waals surface area contributed by atoms with Crippen LogP contribution in [0.4, 0.5) is 4.39 Å². The fraction of sp³-hybridized carbons (Fsp3) is 0.417. The van der Waals surface area contributed by atoms with Gasteiger partial charge in [0.2, 0.25) is 10.0 Å². The molecule has 19 heavy (non-hydrogen) atoms. The average Bonchev–Trinajstić information content (AvgIpc) is 2.73. The van der Waals surface area contributed by atoms with Gasteiger partial charge in [-0.3, -0.25) is 4.79 Å². The highest BCUT2D eigenvalue weighted by molar-refractivity contribution is 7.89. The lowest BCUT2D eigenvalue weighted by atomic mass is 10.1. The van der Waals surface area contributed by atoms with Gasteiger partial charge >= 0.3 is 0 Å². The second-order valence-corrected chi connectivity index (χ2v) is 6.24. The van der Waals surface area contributed by atoms with Crippen LogP contribution < -0.4 is 5.14 Å². The molecule has 0 radical (unpaired) electrons. The topological polar surface area (TPSA) is 80.5 Å². The van der Waals surface area contributed by atoms with Gasteiger partial charge in [0, 0.05) is 12.6 Å². The molecule has 0 aliphatic carbocycles. The number of hydrogen-bond donors (Lipinski definition) is 1. The molecule has 0 spiro atoms. The number of rotatable bonds is 2. The number of benzene rings is 1. The van der Waals surface area contributed by atoms with Crippen LogP contribution in [0.15, 0.2) is 23.1 Å². The standard InChI is InChI=1S/C12H15FN2O3S/c1-8-3-2-6-15(8)12(16)10-7-9(19(14,17)18)4-5-11(10)13/h4-5,7-8H,2-3,6H2,1H3,(H2,14,17,18). The van der Waals surface area contributed by atoms with Crippen molar-refractivity contribution < 1.29 is 17.6 Å². The number of amides is 1. The number of primary sulfonamides is 1. The first-order chi connectivity index (χ1) is 8.80. The van der Waals surface area contributed by atoms with Gasteiger partial charge in [-0.1, -0.05) is 0 Å². The summed E-state index contributed by atoms with van der Waals surface area (Å²) in [7, 11) is -3.95. The van der Waals surface area contributed by atoms with Gasteiger partial charge in [-0.05, 0) is 38.0 Å². The summed E-state index contributed by atoms with van der Waals surface area (Å²) in [5.74, 6) is -1.23. The van der Waals surface area contributed by atoms with Crippen LogP contribution >= 0.6 is 0 Å². The highest BCUT2D eigenvalue weighted by Crippen LogP contribution is 2.22. The predicted octanol–water partition coefficient (Wildman–Crippen LogP) is 1.10. The van der Waals surface area contributed by atoms with E-state index in [0.717, 1.165) is 31.0 Å². The average molecular weight is 286 g/mol. The molecule has 5 nitrogen and oxygen atoms in total. The molecule has 0 aromatic heterocycles. The van der Waals surface area contributed by atoms with E-state index in [-0.39, 0.29) is 16.5 Å². The Labute approximate surface area is 111 Å². The van der Waals surface area contributed by atoms with Crippen LogP contribution in [0.2, 0.25) is 0 Å². The summed E-state index contributed by atoms with van der Waals surface area (Å²) in [6, 6.07) is 3.03. The van der Waals surface area contributed by atoms with Crippen molar-refractivity contribution in [2.45, 2.75) is 30.7 Å². The molecule has 1 fully saturated rings. The summed E-state index contributed by atoms with van der Waals surface area (Å²) in [6.07, 6.45) is 1.73. The Morgan fingerprint density at radius 2 is 2.16 bits per heavy atom. The van der Waals surface area contributed by atoms with E-state index in [0.29, 0.717) is 6.54 Å². The molecule has 1 aliphatic rings. The third kappa shape index (κ3) is 2.76. The van der Waals surface area contributed by atoms with Crippen molar-refractivity contribution in [2.24, 2.45) is 5.14 Å². The van der Waals surface area contributed by atoms with Crippen molar-refractivity contribution in [1.82, 2.24) is 4.90 Å². The van der Waals surface area contributed by atoms with E-state index < -0.39 is 21.7 Å². The first-order valence-corrected chi connectivity index (χ1v) is 7.48. The monoisotopic (exact) mass is 286 g/mol. The minimum Gasteiger partial charge on any atom is -0.336 e. The van der Waals surface area contributed by atoms with E-state index in [1.165, 1.54) is 0 Å². The second kappa shape index (κ2) is 4.90. The highest BCUT2D eigenvalue weighted by Gasteiger charge is 2.28. The van der Waals surface area contributed by atoms with Gasteiger partial charge in [0.1, 0.15) is 5.82 Å². The Hall–Kier alpha value is -1.47. The number of hydrogen-bond acceptors (Lipinski definition) is 3. The van der Waals surface area contributed by atoms with Crippen molar-refractivity contribution in [3.05, 3.63) is 29.6 Å². The first kappa shape index (κ1) is 14.0. The van der Waals surface area contributed by atoms with E-state index in [4.69, 9.17) is 5.14 Å². The summed E-state index contributed by atoms with van der Waals surface area (Å²) < 4.78 is 36.2. The molecule has 1 atom stereocenters. The summed E-state index contributed by atoms with van der Waals surface area (Å²) in [5, 5.41) is 4.98. The van der Waals surface area contributed by atoms with Crippen LogP contribution in [0.5, 0.6) is 0 Å². The number of nitrogens with zero attached hydrogens (tertiary/aromatic N) is 1. The molecule has 1 unspecified atom stereocenters. The number of sulfonamides is 1. The zero-order chi connectivity index (χ0) is 14.2. The van der Waals surface area contributed by atoms with Crippen LogP contribution in [0.1, 0.15) is 30.1 Å². The van der Waals surface area contributed by atoms with Gasteiger partial charge in [0.15, 0.2) is 0 Å². The Kier molecular flexibility index (Phi) is 3.60. The second-order valence-electron chi connectivity index (χ2n) is 4.68. The number of carbonyl (C=O) groups excluding carboxylic acids is 1. The van der Waals surface area contributed by atoms with Crippen molar-refractivity contribution in [2.75, 3.05) is 6.54 Å². The van der Waals surface area contributed by atoms with E-state index in [1.807, 2.05) is 6.92 Å². The molecule has 1 aliphatic heterocycles. The lowest BCUT2D eigenvalue weighted by molar-refractivity contribution is 0.0742. The largest absolute Gasteiger partial charge is 0.336 e. The zero-order valence-corrected chi connectivity index (χ0v) is 11.3. The molecular weight excluding hydrogens is 271 g/mol. The Bertz CT molecular complexity index is 615. The Balaban J connectivity index is 2.41. The molecule has 1 aromatic rings. The lowest BCUT2D eigenvalue weighted by Gasteiger charge is -2.21. The Morgan fingerprint density at radius 1 is 1.47 bits per heavy atom. The van der Waals surface area contributed by atoms with E-state index in [9.17, 15) is 17.6 Å².